The number of benzene rings is 1. The average molecular weight is 199 g/mol. The Morgan fingerprint density at radius 1 is 1.13 bits per heavy atom. The Hall–Kier alpha value is -2.23. The lowest BCUT2D eigenvalue weighted by atomic mass is 10.1. The molecule has 1 aromatic carbocycles. The molecule has 0 fully saturated rings. The first-order chi connectivity index (χ1) is 7.29. The van der Waals surface area contributed by atoms with Crippen LogP contribution < -0.4 is 5.73 Å². The van der Waals surface area contributed by atoms with Gasteiger partial charge in [-0.3, -0.25) is 4.79 Å². The van der Waals surface area contributed by atoms with E-state index in [1.807, 2.05) is 0 Å². The second kappa shape index (κ2) is 3.88. The smallest absolute Gasteiger partial charge is 0.161 e. The molecular formula is C11H9N3O. The molecule has 0 atom stereocenters. The Kier molecular flexibility index (Phi) is 2.41. The van der Waals surface area contributed by atoms with Crippen molar-refractivity contribution in [3.05, 3.63) is 42.1 Å². The van der Waals surface area contributed by atoms with E-state index < -0.39 is 0 Å². The Labute approximate surface area is 86.8 Å². The van der Waals surface area contributed by atoms with Crippen LogP contribution in [-0.4, -0.2) is 16.3 Å². The number of nitrogens with zero attached hydrogens (tertiary/aromatic N) is 2. The number of nitrogens with two attached hydrogens (primary N) is 1. The molecule has 0 saturated heterocycles. The largest absolute Gasteiger partial charge is 0.384 e. The zero-order valence-electron chi connectivity index (χ0n) is 7.92. The molecular weight excluding hydrogens is 190 g/mol. The van der Waals surface area contributed by atoms with Crippen LogP contribution in [0.25, 0.3) is 11.4 Å². The van der Waals surface area contributed by atoms with Gasteiger partial charge in [0, 0.05) is 17.3 Å². The Bertz CT molecular complexity index is 479. The number of carbonyl (C=O) groups excluding carboxylic acids is 1. The van der Waals surface area contributed by atoms with Crippen LogP contribution in [0.1, 0.15) is 10.4 Å². The molecule has 0 aliphatic rings. The fourth-order valence-electron chi connectivity index (χ4n) is 1.22. The summed E-state index contributed by atoms with van der Waals surface area (Å²) in [6.07, 6.45) is 2.40. The quantitative estimate of drug-likeness (QED) is 0.745. The van der Waals surface area contributed by atoms with Crippen LogP contribution in [-0.2, 0) is 0 Å². The van der Waals surface area contributed by atoms with Gasteiger partial charge < -0.3 is 5.73 Å². The van der Waals surface area contributed by atoms with Crippen LogP contribution in [0.15, 0.2) is 36.5 Å². The summed E-state index contributed by atoms with van der Waals surface area (Å²) < 4.78 is 0. The molecule has 1 heterocycles. The van der Waals surface area contributed by atoms with Crippen molar-refractivity contribution in [3.8, 4) is 11.4 Å². The molecule has 0 aliphatic heterocycles. The van der Waals surface area contributed by atoms with Crippen molar-refractivity contribution >= 4 is 12.1 Å². The molecule has 0 radical (unpaired) electrons. The van der Waals surface area contributed by atoms with Gasteiger partial charge in [0.1, 0.15) is 12.1 Å². The van der Waals surface area contributed by atoms with E-state index in [2.05, 4.69) is 9.97 Å². The van der Waals surface area contributed by atoms with Crippen LogP contribution in [0.3, 0.4) is 0 Å². The standard InChI is InChI=1S/C11H9N3O/c12-10-5-6-13-11(14-10)9-3-1-8(7-15)2-4-9/h1-7H,(H2,12,13,14). The van der Waals surface area contributed by atoms with Gasteiger partial charge >= 0.3 is 0 Å². The highest BCUT2D eigenvalue weighted by Gasteiger charge is 2.00. The maximum atomic E-state index is 10.5. The van der Waals surface area contributed by atoms with E-state index in [1.165, 1.54) is 0 Å². The summed E-state index contributed by atoms with van der Waals surface area (Å²) in [4.78, 5) is 18.6. The Balaban J connectivity index is 2.41. The van der Waals surface area contributed by atoms with Gasteiger partial charge in [0.25, 0.3) is 0 Å². The van der Waals surface area contributed by atoms with Crippen LogP contribution in [0.5, 0.6) is 0 Å². The van der Waals surface area contributed by atoms with Crippen molar-refractivity contribution in [1.82, 2.24) is 9.97 Å². The van der Waals surface area contributed by atoms with Crippen molar-refractivity contribution in [2.45, 2.75) is 0 Å². The monoisotopic (exact) mass is 199 g/mol. The summed E-state index contributed by atoms with van der Waals surface area (Å²) in [6.45, 7) is 0. The minimum atomic E-state index is 0.430. The van der Waals surface area contributed by atoms with Gasteiger partial charge in [0.15, 0.2) is 5.82 Å². The minimum absolute atomic E-state index is 0.430. The number of aromatic nitrogens is 2. The SMILES string of the molecule is Nc1ccnc(-c2ccc(C=O)cc2)n1. The summed E-state index contributed by atoms with van der Waals surface area (Å²) in [5.41, 5.74) is 7.01. The maximum Gasteiger partial charge on any atom is 0.161 e. The molecule has 0 spiro atoms. The number of anilines is 1. The zero-order valence-corrected chi connectivity index (χ0v) is 7.92. The minimum Gasteiger partial charge on any atom is -0.384 e. The topological polar surface area (TPSA) is 68.9 Å². The third-order valence-corrected chi connectivity index (χ3v) is 1.98. The second-order valence-corrected chi connectivity index (χ2v) is 3.04. The molecule has 15 heavy (non-hydrogen) atoms. The lowest BCUT2D eigenvalue weighted by molar-refractivity contribution is 0.112. The Morgan fingerprint density at radius 3 is 2.47 bits per heavy atom. The van der Waals surface area contributed by atoms with Crippen LogP contribution in [0, 0.1) is 0 Å². The number of nitrogen functional groups attached to an aromatic ring is 1. The first kappa shape index (κ1) is 9.33. The molecule has 2 N–H and O–H groups in total. The van der Waals surface area contributed by atoms with Crippen LogP contribution in [0.4, 0.5) is 5.82 Å². The first-order valence-corrected chi connectivity index (χ1v) is 4.44. The molecule has 0 saturated carbocycles. The van der Waals surface area contributed by atoms with Gasteiger partial charge in [-0.25, -0.2) is 9.97 Å². The van der Waals surface area contributed by atoms with Crippen LogP contribution >= 0.6 is 0 Å². The third-order valence-electron chi connectivity index (χ3n) is 1.98. The van der Waals surface area contributed by atoms with Crippen molar-refractivity contribution in [2.24, 2.45) is 0 Å². The second-order valence-electron chi connectivity index (χ2n) is 3.04. The number of rotatable bonds is 2. The first-order valence-electron chi connectivity index (χ1n) is 4.44. The number of carbonyl (C=O) groups is 1. The molecule has 0 amide bonds. The summed E-state index contributed by atoms with van der Waals surface area (Å²) >= 11 is 0. The zero-order chi connectivity index (χ0) is 10.7. The highest BCUT2D eigenvalue weighted by atomic mass is 16.1. The summed E-state index contributed by atoms with van der Waals surface area (Å²) in [5, 5.41) is 0. The van der Waals surface area contributed by atoms with E-state index in [9.17, 15) is 4.79 Å². The van der Waals surface area contributed by atoms with Gasteiger partial charge in [0.05, 0.1) is 0 Å². The predicted octanol–water partition coefficient (Wildman–Crippen LogP) is 1.54. The van der Waals surface area contributed by atoms with E-state index in [-0.39, 0.29) is 0 Å². The molecule has 0 bridgehead atoms. The van der Waals surface area contributed by atoms with E-state index in [4.69, 9.17) is 5.73 Å². The molecule has 4 heteroatoms. The average Bonchev–Trinajstić information content (AvgIpc) is 2.29. The molecule has 1 aromatic heterocycles. The van der Waals surface area contributed by atoms with Gasteiger partial charge in [-0.2, -0.15) is 0 Å². The molecule has 4 nitrogen and oxygen atoms in total. The van der Waals surface area contributed by atoms with Crippen molar-refractivity contribution < 1.29 is 4.79 Å². The Morgan fingerprint density at radius 2 is 1.87 bits per heavy atom. The number of aldehydes is 1. The maximum absolute atomic E-state index is 10.5. The number of hydrogen-bond acceptors (Lipinski definition) is 4. The molecule has 2 aromatic rings. The lowest BCUT2D eigenvalue weighted by Crippen LogP contribution is -1.94. The van der Waals surface area contributed by atoms with Gasteiger partial charge in [0.2, 0.25) is 0 Å². The van der Waals surface area contributed by atoms with Crippen molar-refractivity contribution in [1.29, 1.82) is 0 Å². The fraction of sp³-hybridized carbons (Fsp3) is 0. The van der Waals surface area contributed by atoms with E-state index in [0.29, 0.717) is 17.2 Å². The normalized spacial score (nSPS) is 9.87. The summed E-state index contributed by atoms with van der Waals surface area (Å²) in [7, 11) is 0. The van der Waals surface area contributed by atoms with Crippen LogP contribution in [0.2, 0.25) is 0 Å². The fourth-order valence-corrected chi connectivity index (χ4v) is 1.22. The highest BCUT2D eigenvalue weighted by Crippen LogP contribution is 2.15. The van der Waals surface area contributed by atoms with Gasteiger partial charge in [-0.05, 0) is 6.07 Å². The van der Waals surface area contributed by atoms with E-state index in [1.54, 1.807) is 36.5 Å². The predicted molar refractivity (Wildman–Crippen MR) is 57.3 cm³/mol. The lowest BCUT2D eigenvalue weighted by Gasteiger charge is -2.00. The highest BCUT2D eigenvalue weighted by molar-refractivity contribution is 5.76. The van der Waals surface area contributed by atoms with E-state index in [0.717, 1.165) is 11.8 Å². The van der Waals surface area contributed by atoms with Gasteiger partial charge in [-0.1, -0.05) is 24.3 Å². The van der Waals surface area contributed by atoms with Crippen molar-refractivity contribution in [3.63, 3.8) is 0 Å². The van der Waals surface area contributed by atoms with E-state index >= 15 is 0 Å². The summed E-state index contributed by atoms with van der Waals surface area (Å²) in [5.74, 6) is 0.993. The molecule has 0 aliphatic carbocycles. The molecule has 0 unspecified atom stereocenters. The third kappa shape index (κ3) is 1.99. The molecule has 2 rings (SSSR count). The molecule has 74 valence electrons. The number of hydrogen-bond donors (Lipinski definition) is 1. The summed E-state index contributed by atoms with van der Waals surface area (Å²) in [6, 6.07) is 8.64. The van der Waals surface area contributed by atoms with Gasteiger partial charge in [-0.15, -0.1) is 0 Å². The van der Waals surface area contributed by atoms with Crippen molar-refractivity contribution in [2.75, 3.05) is 5.73 Å².